The van der Waals surface area contributed by atoms with E-state index in [1.807, 2.05) is 37.3 Å². The van der Waals surface area contributed by atoms with Crippen molar-refractivity contribution in [3.05, 3.63) is 35.9 Å². The van der Waals surface area contributed by atoms with Gasteiger partial charge in [0.15, 0.2) is 0 Å². The molecule has 4 heteroatoms. The molecule has 20 heavy (non-hydrogen) atoms. The summed E-state index contributed by atoms with van der Waals surface area (Å²) in [5.41, 5.74) is 7.46. The predicted octanol–water partition coefficient (Wildman–Crippen LogP) is 2.15. The van der Waals surface area contributed by atoms with E-state index in [1.165, 1.54) is 0 Å². The second-order valence-corrected chi connectivity index (χ2v) is 6.04. The van der Waals surface area contributed by atoms with Gasteiger partial charge in [-0.2, -0.15) is 0 Å². The molecule has 110 valence electrons. The number of hydrogen-bond acceptors (Lipinski definition) is 3. The topological polar surface area (TPSA) is 53.2 Å². The molecule has 2 rings (SSSR count). The Hall–Kier alpha value is -1.39. The Morgan fingerprint density at radius 1 is 1.25 bits per heavy atom. The van der Waals surface area contributed by atoms with Crippen LogP contribution in [-0.2, 0) is 4.79 Å². The van der Waals surface area contributed by atoms with Crippen LogP contribution in [-0.4, -0.2) is 18.0 Å². The molecule has 3 N–H and O–H groups in total. The van der Waals surface area contributed by atoms with Crippen molar-refractivity contribution in [3.63, 3.8) is 0 Å². The highest BCUT2D eigenvalue weighted by atomic mass is 16.2. The van der Waals surface area contributed by atoms with E-state index in [0.717, 1.165) is 18.4 Å². The van der Waals surface area contributed by atoms with Crippen molar-refractivity contribution >= 4 is 5.91 Å². The standard InChI is InChI=1S/C16H25N3O/c1-11(2)9-14-10-15(19-18-14)16(20)17-12(3)13-7-5-4-6-8-13/h4-8,11-12,14-15,18-19H,9-10H2,1-3H3,(H,17,20). The number of nitrogens with one attached hydrogen (secondary N) is 3. The van der Waals surface area contributed by atoms with Gasteiger partial charge in [0, 0.05) is 6.04 Å². The Morgan fingerprint density at radius 2 is 1.95 bits per heavy atom. The average Bonchev–Trinajstić information content (AvgIpc) is 2.87. The van der Waals surface area contributed by atoms with Gasteiger partial charge in [0.05, 0.1) is 6.04 Å². The fourth-order valence-corrected chi connectivity index (χ4v) is 2.66. The van der Waals surface area contributed by atoms with Gasteiger partial charge in [-0.15, -0.1) is 0 Å². The molecule has 1 amide bonds. The zero-order valence-corrected chi connectivity index (χ0v) is 12.5. The number of carbonyl (C=O) groups is 1. The van der Waals surface area contributed by atoms with E-state index >= 15 is 0 Å². The van der Waals surface area contributed by atoms with Crippen LogP contribution < -0.4 is 16.2 Å². The van der Waals surface area contributed by atoms with Crippen molar-refractivity contribution in [1.29, 1.82) is 0 Å². The number of benzene rings is 1. The van der Waals surface area contributed by atoms with E-state index in [4.69, 9.17) is 0 Å². The van der Waals surface area contributed by atoms with Gasteiger partial charge in [-0.1, -0.05) is 44.2 Å². The van der Waals surface area contributed by atoms with Crippen molar-refractivity contribution in [1.82, 2.24) is 16.2 Å². The van der Waals surface area contributed by atoms with E-state index < -0.39 is 0 Å². The van der Waals surface area contributed by atoms with Gasteiger partial charge in [-0.25, -0.2) is 5.43 Å². The van der Waals surface area contributed by atoms with Gasteiger partial charge in [-0.05, 0) is 31.2 Å². The minimum Gasteiger partial charge on any atom is -0.348 e. The van der Waals surface area contributed by atoms with Crippen LogP contribution in [0.4, 0.5) is 0 Å². The highest BCUT2D eigenvalue weighted by Crippen LogP contribution is 2.16. The molecule has 1 aromatic rings. The van der Waals surface area contributed by atoms with Gasteiger partial charge in [-0.3, -0.25) is 10.2 Å². The smallest absolute Gasteiger partial charge is 0.239 e. The molecule has 1 aliphatic rings. The van der Waals surface area contributed by atoms with Crippen LogP contribution in [0.1, 0.15) is 45.2 Å². The maximum absolute atomic E-state index is 12.2. The van der Waals surface area contributed by atoms with Gasteiger partial charge >= 0.3 is 0 Å². The first-order valence-electron chi connectivity index (χ1n) is 7.42. The van der Waals surface area contributed by atoms with Crippen molar-refractivity contribution < 1.29 is 4.79 Å². The number of hydrogen-bond donors (Lipinski definition) is 3. The van der Waals surface area contributed by atoms with E-state index in [-0.39, 0.29) is 18.0 Å². The summed E-state index contributed by atoms with van der Waals surface area (Å²) in [7, 11) is 0. The summed E-state index contributed by atoms with van der Waals surface area (Å²) in [6.45, 7) is 6.42. The number of amides is 1. The highest BCUT2D eigenvalue weighted by molar-refractivity contribution is 5.82. The normalized spacial score (nSPS) is 23.8. The van der Waals surface area contributed by atoms with Crippen LogP contribution in [0.25, 0.3) is 0 Å². The van der Waals surface area contributed by atoms with Crippen molar-refractivity contribution in [2.24, 2.45) is 5.92 Å². The molecule has 3 atom stereocenters. The largest absolute Gasteiger partial charge is 0.348 e. The van der Waals surface area contributed by atoms with Crippen molar-refractivity contribution in [3.8, 4) is 0 Å². The van der Waals surface area contributed by atoms with Gasteiger partial charge in [0.2, 0.25) is 5.91 Å². The Morgan fingerprint density at radius 3 is 2.60 bits per heavy atom. The monoisotopic (exact) mass is 275 g/mol. The molecule has 0 saturated carbocycles. The number of rotatable bonds is 5. The van der Waals surface area contributed by atoms with Crippen LogP contribution in [0.3, 0.4) is 0 Å². The average molecular weight is 275 g/mol. The fraction of sp³-hybridized carbons (Fsp3) is 0.562. The van der Waals surface area contributed by atoms with Gasteiger partial charge < -0.3 is 5.32 Å². The van der Waals surface area contributed by atoms with Crippen LogP contribution in [0.15, 0.2) is 30.3 Å². The zero-order valence-electron chi connectivity index (χ0n) is 12.5. The van der Waals surface area contributed by atoms with E-state index in [9.17, 15) is 4.79 Å². The molecule has 0 radical (unpaired) electrons. The van der Waals surface area contributed by atoms with Crippen LogP contribution in [0, 0.1) is 5.92 Å². The third-order valence-electron chi connectivity index (χ3n) is 3.71. The minimum absolute atomic E-state index is 0.0367. The molecule has 4 nitrogen and oxygen atoms in total. The summed E-state index contributed by atoms with van der Waals surface area (Å²) >= 11 is 0. The molecule has 1 aromatic carbocycles. The lowest BCUT2D eigenvalue weighted by atomic mass is 9.99. The SMILES string of the molecule is CC(C)CC1CC(C(=O)NC(C)c2ccccc2)NN1. The summed E-state index contributed by atoms with van der Waals surface area (Å²) in [5, 5.41) is 3.07. The summed E-state index contributed by atoms with van der Waals surface area (Å²) in [5.74, 6) is 0.708. The summed E-state index contributed by atoms with van der Waals surface area (Å²) < 4.78 is 0. The predicted molar refractivity (Wildman–Crippen MR) is 80.9 cm³/mol. The molecule has 1 aliphatic heterocycles. The lowest BCUT2D eigenvalue weighted by Gasteiger charge is -2.17. The minimum atomic E-state index is -0.134. The molecule has 0 spiro atoms. The molecular formula is C16H25N3O. The molecule has 1 saturated heterocycles. The quantitative estimate of drug-likeness (QED) is 0.772. The highest BCUT2D eigenvalue weighted by Gasteiger charge is 2.30. The Kier molecular flexibility index (Phi) is 5.15. The fourth-order valence-electron chi connectivity index (χ4n) is 2.66. The summed E-state index contributed by atoms with van der Waals surface area (Å²) in [4.78, 5) is 12.2. The Balaban J connectivity index is 1.84. The first-order chi connectivity index (χ1) is 9.56. The van der Waals surface area contributed by atoms with Gasteiger partial charge in [0.25, 0.3) is 0 Å². The maximum Gasteiger partial charge on any atom is 0.239 e. The first-order valence-corrected chi connectivity index (χ1v) is 7.42. The summed E-state index contributed by atoms with van der Waals surface area (Å²) in [6.07, 6.45) is 1.94. The van der Waals surface area contributed by atoms with E-state index in [2.05, 4.69) is 30.0 Å². The first kappa shape index (κ1) is 15.0. The lowest BCUT2D eigenvalue weighted by molar-refractivity contribution is -0.123. The number of carbonyl (C=O) groups excluding carboxylic acids is 1. The molecule has 3 unspecified atom stereocenters. The van der Waals surface area contributed by atoms with E-state index in [0.29, 0.717) is 12.0 Å². The van der Waals surface area contributed by atoms with Crippen molar-refractivity contribution in [2.45, 2.75) is 51.7 Å². The summed E-state index contributed by atoms with van der Waals surface area (Å²) in [6, 6.07) is 10.3. The second-order valence-electron chi connectivity index (χ2n) is 6.04. The molecule has 1 fully saturated rings. The zero-order chi connectivity index (χ0) is 14.5. The van der Waals surface area contributed by atoms with Crippen LogP contribution in [0.2, 0.25) is 0 Å². The lowest BCUT2D eigenvalue weighted by Crippen LogP contribution is -2.44. The third kappa shape index (κ3) is 4.05. The molecule has 1 heterocycles. The molecule has 0 aromatic heterocycles. The molecule has 0 bridgehead atoms. The Labute approximate surface area is 121 Å². The van der Waals surface area contributed by atoms with Crippen molar-refractivity contribution in [2.75, 3.05) is 0 Å². The maximum atomic E-state index is 12.2. The van der Waals surface area contributed by atoms with Gasteiger partial charge in [0.1, 0.15) is 6.04 Å². The van der Waals surface area contributed by atoms with E-state index in [1.54, 1.807) is 0 Å². The third-order valence-corrected chi connectivity index (χ3v) is 3.71. The molecular weight excluding hydrogens is 250 g/mol. The molecule has 0 aliphatic carbocycles. The Bertz CT molecular complexity index is 433. The number of hydrazine groups is 1. The van der Waals surface area contributed by atoms with Crippen LogP contribution >= 0.6 is 0 Å². The second kappa shape index (κ2) is 6.86. The van der Waals surface area contributed by atoms with Crippen LogP contribution in [0.5, 0.6) is 0 Å².